The summed E-state index contributed by atoms with van der Waals surface area (Å²) in [6.45, 7) is 5.25. The summed E-state index contributed by atoms with van der Waals surface area (Å²) in [6, 6.07) is 34.7. The smallest absolute Gasteiger partial charge is 0.490 e. The zero-order chi connectivity index (χ0) is 41.3. The van der Waals surface area contributed by atoms with Crippen molar-refractivity contribution in [3.8, 4) is 16.9 Å². The number of rotatable bonds is 15. The molecule has 0 aliphatic carbocycles. The molecule has 2 aliphatic rings. The van der Waals surface area contributed by atoms with Crippen molar-refractivity contribution in [1.82, 2.24) is 15.1 Å². The number of halogens is 3. The minimum Gasteiger partial charge on any atom is -0.497 e. The second kappa shape index (κ2) is 22.1. The zero-order valence-electron chi connectivity index (χ0n) is 33.4. The first-order valence-corrected chi connectivity index (χ1v) is 20.4. The van der Waals surface area contributed by atoms with E-state index in [4.69, 9.17) is 14.6 Å². The van der Waals surface area contributed by atoms with Gasteiger partial charge in [-0.25, -0.2) is 4.79 Å². The number of likely N-dealkylation sites (tertiary alicyclic amines) is 1. The highest BCUT2D eigenvalue weighted by molar-refractivity contribution is 5.95. The average Bonchev–Trinajstić information content (AvgIpc) is 3.24. The van der Waals surface area contributed by atoms with Crippen LogP contribution in [0.25, 0.3) is 11.1 Å². The van der Waals surface area contributed by atoms with E-state index < -0.39 is 12.1 Å². The number of alkyl halides is 3. The number of hydrogen-bond acceptors (Lipinski definition) is 5. The van der Waals surface area contributed by atoms with Crippen LogP contribution in [0, 0.1) is 11.8 Å². The van der Waals surface area contributed by atoms with Gasteiger partial charge >= 0.3 is 12.1 Å². The van der Waals surface area contributed by atoms with E-state index >= 15 is 0 Å². The van der Waals surface area contributed by atoms with Crippen LogP contribution in [-0.2, 0) is 29.0 Å². The van der Waals surface area contributed by atoms with Gasteiger partial charge in [0, 0.05) is 31.7 Å². The molecule has 8 nitrogen and oxygen atoms in total. The van der Waals surface area contributed by atoms with Crippen LogP contribution in [0.2, 0.25) is 0 Å². The van der Waals surface area contributed by atoms with Crippen LogP contribution in [0.15, 0.2) is 103 Å². The van der Waals surface area contributed by atoms with Crippen LogP contribution >= 0.6 is 0 Å². The predicted octanol–water partition coefficient (Wildman–Crippen LogP) is 9.22. The Kier molecular flexibility index (Phi) is 16.8. The first-order chi connectivity index (χ1) is 28.0. The number of carboxylic acids is 1. The lowest BCUT2D eigenvalue weighted by Crippen LogP contribution is -2.38. The van der Waals surface area contributed by atoms with Gasteiger partial charge in [0.15, 0.2) is 0 Å². The number of carbonyl (C=O) groups excluding carboxylic acids is 2. The Balaban J connectivity index is 0.000000839. The fourth-order valence-corrected chi connectivity index (χ4v) is 7.85. The van der Waals surface area contributed by atoms with E-state index in [0.29, 0.717) is 19.5 Å². The summed E-state index contributed by atoms with van der Waals surface area (Å²) in [7, 11) is 1.65. The molecule has 11 heteroatoms. The number of aryl methyl sites for hydroxylation is 1. The molecule has 310 valence electrons. The Morgan fingerprint density at radius 2 is 1.36 bits per heavy atom. The number of carbonyl (C=O) groups is 3. The minimum atomic E-state index is -5.08. The first kappa shape index (κ1) is 44.0. The van der Waals surface area contributed by atoms with Gasteiger partial charge in [-0.2, -0.15) is 13.2 Å². The zero-order valence-corrected chi connectivity index (χ0v) is 33.4. The Morgan fingerprint density at radius 3 is 2.03 bits per heavy atom. The highest BCUT2D eigenvalue weighted by Gasteiger charge is 2.38. The molecule has 2 fully saturated rings. The molecule has 0 saturated carbocycles. The number of aliphatic carboxylic acids is 1. The van der Waals surface area contributed by atoms with Crippen molar-refractivity contribution in [1.29, 1.82) is 0 Å². The van der Waals surface area contributed by atoms with Crippen LogP contribution in [0.3, 0.4) is 0 Å². The van der Waals surface area contributed by atoms with Crippen LogP contribution in [0.1, 0.15) is 78.4 Å². The Bertz CT molecular complexity index is 1910. The molecule has 6 rings (SSSR count). The lowest BCUT2D eigenvalue weighted by Gasteiger charge is -2.32. The standard InChI is InChI=1S/C45H55N3O3.C2HF3O2/c1-51-43-20-7-14-38(31-43)32-44(49)48(27-9-16-35-10-3-2-4-11-35)34-39-15-6-17-40(30-39)41-18-8-19-42(33-41)45(50)47-28-23-37(24-29-47)13-5-12-36-21-25-46-26-22-36;3-2(4,5)1(6)7/h2-4,6-8,10-11,14-15,17-20,30-31,33,36-37,46H,5,9,12-13,16,21-29,32,34H2,1H3;(H,6,7). The second-order valence-corrected chi connectivity index (χ2v) is 15.4. The van der Waals surface area contributed by atoms with Crippen molar-refractivity contribution in [2.24, 2.45) is 11.8 Å². The molecule has 0 atom stereocenters. The summed E-state index contributed by atoms with van der Waals surface area (Å²) in [5, 5.41) is 10.6. The van der Waals surface area contributed by atoms with Gasteiger partial charge in [0.05, 0.1) is 13.5 Å². The van der Waals surface area contributed by atoms with Crippen molar-refractivity contribution in [3.05, 3.63) is 125 Å². The molecule has 0 radical (unpaired) electrons. The molecule has 0 bridgehead atoms. The highest BCUT2D eigenvalue weighted by Crippen LogP contribution is 2.28. The van der Waals surface area contributed by atoms with Gasteiger partial charge in [0.25, 0.3) is 5.91 Å². The third kappa shape index (κ3) is 14.0. The Labute approximate surface area is 340 Å². The maximum absolute atomic E-state index is 13.8. The number of nitrogens with zero attached hydrogens (tertiary/aromatic N) is 2. The lowest BCUT2D eigenvalue weighted by molar-refractivity contribution is -0.192. The normalized spacial score (nSPS) is 14.9. The van der Waals surface area contributed by atoms with Gasteiger partial charge in [0.1, 0.15) is 5.75 Å². The van der Waals surface area contributed by atoms with Crippen molar-refractivity contribution in [2.75, 3.05) is 39.8 Å². The van der Waals surface area contributed by atoms with Crippen LogP contribution in [0.4, 0.5) is 13.2 Å². The van der Waals surface area contributed by atoms with E-state index in [2.05, 4.69) is 64.8 Å². The Morgan fingerprint density at radius 1 is 0.759 bits per heavy atom. The van der Waals surface area contributed by atoms with Gasteiger partial charge in [-0.1, -0.05) is 92.1 Å². The molecule has 2 amide bonds. The van der Waals surface area contributed by atoms with Gasteiger partial charge in [-0.15, -0.1) is 0 Å². The summed E-state index contributed by atoms with van der Waals surface area (Å²) in [4.78, 5) is 40.4. The number of piperidine rings is 2. The molecule has 4 aromatic rings. The second-order valence-electron chi connectivity index (χ2n) is 15.4. The van der Waals surface area contributed by atoms with E-state index in [1.54, 1.807) is 7.11 Å². The number of methoxy groups -OCH3 is 1. The van der Waals surface area contributed by atoms with Gasteiger partial charge in [-0.05, 0) is 122 Å². The molecule has 0 aromatic heterocycles. The van der Waals surface area contributed by atoms with Gasteiger partial charge in [-0.3, -0.25) is 9.59 Å². The van der Waals surface area contributed by atoms with E-state index in [1.807, 2.05) is 53.4 Å². The average molecular weight is 800 g/mol. The largest absolute Gasteiger partial charge is 0.497 e. The third-order valence-electron chi connectivity index (χ3n) is 11.1. The number of hydrogen-bond donors (Lipinski definition) is 2. The number of nitrogens with one attached hydrogen (secondary N) is 1. The molecule has 0 spiro atoms. The van der Waals surface area contributed by atoms with Crippen LogP contribution in [-0.4, -0.2) is 78.7 Å². The molecule has 2 saturated heterocycles. The maximum atomic E-state index is 13.8. The number of carboxylic acid groups (broad SMARTS) is 1. The molecular formula is C47H56F3N3O5. The maximum Gasteiger partial charge on any atom is 0.490 e. The predicted molar refractivity (Wildman–Crippen MR) is 221 cm³/mol. The molecule has 4 aromatic carbocycles. The van der Waals surface area contributed by atoms with E-state index in [-0.39, 0.29) is 11.8 Å². The lowest BCUT2D eigenvalue weighted by atomic mass is 9.87. The van der Waals surface area contributed by atoms with Crippen molar-refractivity contribution < 1.29 is 37.4 Å². The third-order valence-corrected chi connectivity index (χ3v) is 11.1. The van der Waals surface area contributed by atoms with E-state index in [0.717, 1.165) is 84.2 Å². The van der Waals surface area contributed by atoms with Crippen molar-refractivity contribution in [3.63, 3.8) is 0 Å². The quantitative estimate of drug-likeness (QED) is 0.125. The summed E-state index contributed by atoms with van der Waals surface area (Å²) < 4.78 is 37.1. The first-order valence-electron chi connectivity index (χ1n) is 20.4. The molecule has 2 N–H and O–H groups in total. The molecule has 0 unspecified atom stereocenters. The Hall–Kier alpha value is -5.16. The number of amides is 2. The SMILES string of the molecule is COc1cccc(CC(=O)N(CCCc2ccccc2)Cc2cccc(-c3cccc(C(=O)N4CCC(CCCC5CCNCC5)CC4)c3)c2)c1.O=C(O)C(F)(F)F. The topological polar surface area (TPSA) is 99.2 Å². The molecule has 2 aliphatic heterocycles. The van der Waals surface area contributed by atoms with Crippen LogP contribution in [0.5, 0.6) is 5.75 Å². The summed E-state index contributed by atoms with van der Waals surface area (Å²) in [5.74, 6) is -0.129. The van der Waals surface area contributed by atoms with Crippen LogP contribution < -0.4 is 10.1 Å². The van der Waals surface area contributed by atoms with Gasteiger partial charge < -0.3 is 25.0 Å². The van der Waals surface area contributed by atoms with E-state index in [1.165, 1.54) is 50.8 Å². The summed E-state index contributed by atoms with van der Waals surface area (Å²) in [5.41, 5.74) is 6.12. The minimum absolute atomic E-state index is 0.0971. The molecule has 58 heavy (non-hydrogen) atoms. The van der Waals surface area contributed by atoms with Crippen molar-refractivity contribution in [2.45, 2.75) is 76.9 Å². The fourth-order valence-electron chi connectivity index (χ4n) is 7.85. The monoisotopic (exact) mass is 799 g/mol. The van der Waals surface area contributed by atoms with Gasteiger partial charge in [0.2, 0.25) is 5.91 Å². The summed E-state index contributed by atoms with van der Waals surface area (Å²) >= 11 is 0. The van der Waals surface area contributed by atoms with E-state index in [9.17, 15) is 22.8 Å². The summed E-state index contributed by atoms with van der Waals surface area (Å²) in [6.07, 6.45) is 5.90. The molecular weight excluding hydrogens is 744 g/mol. The number of ether oxygens (including phenoxy) is 1. The van der Waals surface area contributed by atoms with Crippen molar-refractivity contribution >= 4 is 17.8 Å². The fraction of sp³-hybridized carbons (Fsp3) is 0.426. The number of benzene rings is 4. The highest BCUT2D eigenvalue weighted by atomic mass is 19.4. The molecule has 2 heterocycles.